The fourth-order valence-electron chi connectivity index (χ4n) is 3.41. The lowest BCUT2D eigenvalue weighted by molar-refractivity contribution is -0.137. The number of rotatable bonds is 5. The van der Waals surface area contributed by atoms with Gasteiger partial charge in [0.15, 0.2) is 0 Å². The van der Waals surface area contributed by atoms with Gasteiger partial charge >= 0.3 is 6.18 Å². The van der Waals surface area contributed by atoms with E-state index in [0.29, 0.717) is 34.0 Å². The smallest absolute Gasteiger partial charge is 0.387 e. The number of carbonyl (C=O) groups excluding carboxylic acids is 1. The van der Waals surface area contributed by atoms with E-state index >= 15 is 0 Å². The first-order chi connectivity index (χ1) is 15.3. The molecule has 0 bridgehead atoms. The van der Waals surface area contributed by atoms with Gasteiger partial charge in [-0.05, 0) is 48.9 Å². The lowest BCUT2D eigenvalue weighted by atomic mass is 10.1. The van der Waals surface area contributed by atoms with Crippen molar-refractivity contribution in [2.75, 3.05) is 23.0 Å². The lowest BCUT2D eigenvalue weighted by Crippen LogP contribution is -2.15. The van der Waals surface area contributed by atoms with Gasteiger partial charge in [-0.2, -0.15) is 13.2 Å². The first-order valence-electron chi connectivity index (χ1n) is 9.76. The topological polar surface area (TPSA) is 81.8 Å². The van der Waals surface area contributed by atoms with E-state index in [0.717, 1.165) is 23.1 Å². The van der Waals surface area contributed by atoms with Crippen molar-refractivity contribution in [3.8, 4) is 0 Å². The Bertz CT molecular complexity index is 1300. The molecule has 0 aliphatic rings. The largest absolute Gasteiger partial charge is 0.416 e. The normalized spacial score (nSPS) is 11.4. The van der Waals surface area contributed by atoms with Gasteiger partial charge in [-0.3, -0.25) is 4.79 Å². The summed E-state index contributed by atoms with van der Waals surface area (Å²) >= 11 is 0. The van der Waals surface area contributed by atoms with Crippen LogP contribution < -0.4 is 16.0 Å². The number of halogens is 3. The Labute approximate surface area is 181 Å². The molecule has 0 fully saturated rings. The van der Waals surface area contributed by atoms with Crippen molar-refractivity contribution in [2.24, 2.45) is 0 Å². The standard InChI is InChI=1S/C23H20F3N5O/c1-13-6-7-16(30-15-5-3-4-14(10-15)23(24,25)26)11-19(13)31-22(32)18-12-29-21-17(8-9-28-21)20(18)27-2/h3-12,30H,1-2H3,(H,31,32)(H2,27,28,29). The molecule has 4 rings (SSSR count). The molecule has 32 heavy (non-hydrogen) atoms. The van der Waals surface area contributed by atoms with Crippen LogP contribution in [0.25, 0.3) is 11.0 Å². The average Bonchev–Trinajstić information content (AvgIpc) is 3.24. The molecule has 0 saturated heterocycles. The number of amides is 1. The fraction of sp³-hybridized carbons (Fsp3) is 0.130. The average molecular weight is 439 g/mol. The second-order valence-corrected chi connectivity index (χ2v) is 7.22. The number of fused-ring (bicyclic) bond motifs is 1. The van der Waals surface area contributed by atoms with Gasteiger partial charge in [-0.15, -0.1) is 0 Å². The number of nitrogens with zero attached hydrogens (tertiary/aromatic N) is 1. The second kappa shape index (κ2) is 8.26. The Morgan fingerprint density at radius 3 is 2.59 bits per heavy atom. The molecule has 9 heteroatoms. The van der Waals surface area contributed by atoms with Crippen molar-refractivity contribution in [3.63, 3.8) is 0 Å². The molecule has 0 atom stereocenters. The zero-order chi connectivity index (χ0) is 22.9. The predicted octanol–water partition coefficient (Wildman–Crippen LogP) is 5.93. The third-order valence-corrected chi connectivity index (χ3v) is 5.05. The van der Waals surface area contributed by atoms with Gasteiger partial charge in [0, 0.05) is 41.9 Å². The number of anilines is 4. The molecular formula is C23H20F3N5O. The van der Waals surface area contributed by atoms with Gasteiger partial charge in [0.25, 0.3) is 5.91 Å². The van der Waals surface area contributed by atoms with Crippen LogP contribution in [0.3, 0.4) is 0 Å². The summed E-state index contributed by atoms with van der Waals surface area (Å²) in [5, 5.41) is 9.66. The summed E-state index contributed by atoms with van der Waals surface area (Å²) in [4.78, 5) is 20.3. The quantitative estimate of drug-likeness (QED) is 0.311. The minimum Gasteiger partial charge on any atom is -0.387 e. The molecule has 4 aromatic rings. The van der Waals surface area contributed by atoms with Gasteiger partial charge in [-0.1, -0.05) is 12.1 Å². The van der Waals surface area contributed by atoms with Gasteiger partial charge in [0.1, 0.15) is 5.65 Å². The fourth-order valence-corrected chi connectivity index (χ4v) is 3.41. The molecule has 0 aliphatic heterocycles. The summed E-state index contributed by atoms with van der Waals surface area (Å²) in [6.07, 6.45) is -1.20. The number of hydrogen-bond acceptors (Lipinski definition) is 4. The highest BCUT2D eigenvalue weighted by Gasteiger charge is 2.30. The van der Waals surface area contributed by atoms with Crippen LogP contribution in [0.4, 0.5) is 35.9 Å². The first-order valence-corrected chi connectivity index (χ1v) is 9.76. The number of nitrogens with one attached hydrogen (secondary N) is 4. The van der Waals surface area contributed by atoms with Crippen LogP contribution in [0.1, 0.15) is 21.5 Å². The monoisotopic (exact) mass is 439 g/mol. The molecule has 2 heterocycles. The number of aryl methyl sites for hydroxylation is 1. The molecule has 0 aliphatic carbocycles. The maximum Gasteiger partial charge on any atom is 0.416 e. The molecule has 0 unspecified atom stereocenters. The highest BCUT2D eigenvalue weighted by atomic mass is 19.4. The number of carbonyl (C=O) groups is 1. The molecule has 0 radical (unpaired) electrons. The molecule has 4 N–H and O–H groups in total. The predicted molar refractivity (Wildman–Crippen MR) is 119 cm³/mol. The highest BCUT2D eigenvalue weighted by Crippen LogP contribution is 2.32. The van der Waals surface area contributed by atoms with E-state index in [-0.39, 0.29) is 5.91 Å². The van der Waals surface area contributed by atoms with Crippen LogP contribution in [0, 0.1) is 6.92 Å². The number of benzene rings is 2. The Hall–Kier alpha value is -4.01. The summed E-state index contributed by atoms with van der Waals surface area (Å²) in [6, 6.07) is 12.0. The number of H-pyrrole nitrogens is 1. The molecule has 0 spiro atoms. The Morgan fingerprint density at radius 1 is 1.06 bits per heavy atom. The van der Waals surface area contributed by atoms with Crippen LogP contribution >= 0.6 is 0 Å². The molecule has 2 aromatic carbocycles. The van der Waals surface area contributed by atoms with Gasteiger partial charge in [0.05, 0.1) is 16.8 Å². The second-order valence-electron chi connectivity index (χ2n) is 7.22. The molecule has 164 valence electrons. The highest BCUT2D eigenvalue weighted by molar-refractivity contribution is 6.12. The van der Waals surface area contributed by atoms with E-state index in [9.17, 15) is 18.0 Å². The Kier molecular flexibility index (Phi) is 5.48. The van der Waals surface area contributed by atoms with Crippen LogP contribution in [-0.2, 0) is 6.18 Å². The molecule has 2 aromatic heterocycles. The summed E-state index contributed by atoms with van der Waals surface area (Å²) in [5.74, 6) is -0.357. The lowest BCUT2D eigenvalue weighted by Gasteiger charge is -2.15. The Balaban J connectivity index is 1.59. The van der Waals surface area contributed by atoms with Crippen molar-refractivity contribution in [3.05, 3.63) is 77.6 Å². The molecule has 6 nitrogen and oxygen atoms in total. The number of alkyl halides is 3. The first kappa shape index (κ1) is 21.2. The van der Waals surface area contributed by atoms with Crippen molar-refractivity contribution in [1.82, 2.24) is 9.97 Å². The zero-order valence-electron chi connectivity index (χ0n) is 17.3. The molecule has 1 amide bonds. The summed E-state index contributed by atoms with van der Waals surface area (Å²) in [7, 11) is 1.73. The van der Waals surface area contributed by atoms with Crippen LogP contribution in [-0.4, -0.2) is 22.9 Å². The maximum atomic E-state index is 13.0. The molecular weight excluding hydrogens is 419 g/mol. The van der Waals surface area contributed by atoms with E-state index in [4.69, 9.17) is 0 Å². The summed E-state index contributed by atoms with van der Waals surface area (Å²) in [5.41, 5.74) is 3.10. The molecule has 0 saturated carbocycles. The minimum atomic E-state index is -4.43. The van der Waals surface area contributed by atoms with E-state index in [1.807, 2.05) is 13.0 Å². The zero-order valence-corrected chi connectivity index (χ0v) is 17.3. The van der Waals surface area contributed by atoms with E-state index in [1.165, 1.54) is 12.3 Å². The van der Waals surface area contributed by atoms with E-state index < -0.39 is 11.7 Å². The third kappa shape index (κ3) is 4.22. The SMILES string of the molecule is CNc1c(C(=O)Nc2cc(Nc3cccc(C(F)(F)F)c3)ccc2C)cnc2[nH]ccc12. The van der Waals surface area contributed by atoms with Crippen LogP contribution in [0.15, 0.2) is 60.9 Å². The minimum absolute atomic E-state index is 0.292. The number of hydrogen-bond donors (Lipinski definition) is 4. The van der Waals surface area contributed by atoms with E-state index in [2.05, 4.69) is 25.9 Å². The van der Waals surface area contributed by atoms with Crippen molar-refractivity contribution in [1.29, 1.82) is 0 Å². The maximum absolute atomic E-state index is 13.0. The van der Waals surface area contributed by atoms with Crippen molar-refractivity contribution in [2.45, 2.75) is 13.1 Å². The van der Waals surface area contributed by atoms with Gasteiger partial charge in [-0.25, -0.2) is 4.98 Å². The Morgan fingerprint density at radius 2 is 1.84 bits per heavy atom. The van der Waals surface area contributed by atoms with Gasteiger partial charge < -0.3 is 20.9 Å². The van der Waals surface area contributed by atoms with E-state index in [1.54, 1.807) is 37.5 Å². The third-order valence-electron chi connectivity index (χ3n) is 5.05. The van der Waals surface area contributed by atoms with Crippen LogP contribution in [0.2, 0.25) is 0 Å². The van der Waals surface area contributed by atoms with Gasteiger partial charge in [0.2, 0.25) is 0 Å². The van der Waals surface area contributed by atoms with Crippen molar-refractivity contribution >= 4 is 39.7 Å². The van der Waals surface area contributed by atoms with Crippen molar-refractivity contribution < 1.29 is 18.0 Å². The van der Waals surface area contributed by atoms with Crippen LogP contribution in [0.5, 0.6) is 0 Å². The number of pyridine rings is 1. The number of aromatic nitrogens is 2. The summed E-state index contributed by atoms with van der Waals surface area (Å²) < 4.78 is 38.9. The number of aromatic amines is 1. The summed E-state index contributed by atoms with van der Waals surface area (Å²) in [6.45, 7) is 1.83.